The Labute approximate surface area is 94.1 Å². The van der Waals surface area contributed by atoms with E-state index in [2.05, 4.69) is 17.2 Å². The number of aryl methyl sites for hydroxylation is 1. The average molecular weight is 227 g/mol. The predicted octanol–water partition coefficient (Wildman–Crippen LogP) is 1.62. The van der Waals surface area contributed by atoms with Crippen molar-refractivity contribution < 1.29 is 5.11 Å². The van der Waals surface area contributed by atoms with Gasteiger partial charge >= 0.3 is 0 Å². The Morgan fingerprint density at radius 2 is 2.60 bits per heavy atom. The molecule has 15 heavy (non-hydrogen) atoms. The lowest BCUT2D eigenvalue weighted by atomic mass is 10.1. The van der Waals surface area contributed by atoms with E-state index in [0.717, 1.165) is 30.8 Å². The van der Waals surface area contributed by atoms with E-state index >= 15 is 0 Å². The number of aromatic nitrogens is 3. The molecule has 0 aromatic carbocycles. The van der Waals surface area contributed by atoms with Crippen LogP contribution in [0.5, 0.6) is 0 Å². The zero-order valence-corrected chi connectivity index (χ0v) is 9.78. The summed E-state index contributed by atoms with van der Waals surface area (Å²) in [6, 6.07) is 0. The summed E-state index contributed by atoms with van der Waals surface area (Å²) < 4.78 is 1.82. The molecule has 2 rings (SSSR count). The molecule has 2 atom stereocenters. The van der Waals surface area contributed by atoms with Crippen molar-refractivity contribution in [1.82, 2.24) is 15.0 Å². The van der Waals surface area contributed by atoms with Crippen LogP contribution in [0.15, 0.2) is 6.20 Å². The molecule has 0 radical (unpaired) electrons. The second-order valence-electron chi connectivity index (χ2n) is 3.88. The Hall–Kier alpha value is -0.550. The fraction of sp³-hybridized carbons (Fsp3) is 0.800. The van der Waals surface area contributed by atoms with Crippen molar-refractivity contribution in [2.45, 2.75) is 44.1 Å². The van der Waals surface area contributed by atoms with Gasteiger partial charge in [-0.15, -0.1) is 5.10 Å². The van der Waals surface area contributed by atoms with Gasteiger partial charge in [-0.05, 0) is 25.0 Å². The van der Waals surface area contributed by atoms with Gasteiger partial charge in [-0.3, -0.25) is 0 Å². The summed E-state index contributed by atoms with van der Waals surface area (Å²) in [4.78, 5) is 0. The van der Waals surface area contributed by atoms with Crippen molar-refractivity contribution >= 4 is 11.8 Å². The Bertz CT molecular complexity index is 309. The van der Waals surface area contributed by atoms with Crippen LogP contribution in [-0.2, 0) is 6.54 Å². The molecule has 1 fully saturated rings. The third-order valence-electron chi connectivity index (χ3n) is 2.70. The molecule has 1 aromatic heterocycles. The van der Waals surface area contributed by atoms with Gasteiger partial charge in [-0.25, -0.2) is 4.68 Å². The average Bonchev–Trinajstić information content (AvgIpc) is 2.87. The van der Waals surface area contributed by atoms with Gasteiger partial charge in [0, 0.05) is 11.8 Å². The number of hydrogen-bond acceptors (Lipinski definition) is 4. The first-order valence-corrected chi connectivity index (χ1v) is 6.56. The summed E-state index contributed by atoms with van der Waals surface area (Å²) >= 11 is 1.86. The van der Waals surface area contributed by atoms with Crippen LogP contribution in [0.2, 0.25) is 0 Å². The number of thioether (sulfide) groups is 1. The van der Waals surface area contributed by atoms with E-state index in [-0.39, 0.29) is 0 Å². The molecule has 0 spiro atoms. The van der Waals surface area contributed by atoms with Crippen LogP contribution in [0.3, 0.4) is 0 Å². The number of aliphatic hydroxyl groups excluding tert-OH is 1. The SMILES string of the molecule is CCCn1nncc1C(O)C1CCCS1. The first-order valence-electron chi connectivity index (χ1n) is 5.51. The number of nitrogens with zero attached hydrogens (tertiary/aromatic N) is 3. The second-order valence-corrected chi connectivity index (χ2v) is 5.23. The van der Waals surface area contributed by atoms with Crippen molar-refractivity contribution in [2.75, 3.05) is 5.75 Å². The molecule has 1 saturated heterocycles. The zero-order chi connectivity index (χ0) is 10.7. The van der Waals surface area contributed by atoms with Gasteiger partial charge in [-0.1, -0.05) is 12.1 Å². The largest absolute Gasteiger partial charge is 0.386 e. The fourth-order valence-electron chi connectivity index (χ4n) is 1.92. The number of hydrogen-bond donors (Lipinski definition) is 1. The van der Waals surface area contributed by atoms with E-state index in [1.807, 2.05) is 16.4 Å². The van der Waals surface area contributed by atoms with Crippen LogP contribution in [0.1, 0.15) is 38.0 Å². The van der Waals surface area contributed by atoms with E-state index in [1.165, 1.54) is 6.42 Å². The molecule has 4 nitrogen and oxygen atoms in total. The van der Waals surface area contributed by atoms with Gasteiger partial charge in [0.1, 0.15) is 6.10 Å². The lowest BCUT2D eigenvalue weighted by Gasteiger charge is -2.17. The van der Waals surface area contributed by atoms with Crippen molar-refractivity contribution in [1.29, 1.82) is 0 Å². The van der Waals surface area contributed by atoms with Crippen LogP contribution < -0.4 is 0 Å². The normalized spacial score (nSPS) is 23.2. The van der Waals surface area contributed by atoms with Gasteiger partial charge < -0.3 is 5.11 Å². The van der Waals surface area contributed by atoms with E-state index in [0.29, 0.717) is 5.25 Å². The lowest BCUT2D eigenvalue weighted by molar-refractivity contribution is 0.161. The van der Waals surface area contributed by atoms with E-state index < -0.39 is 6.10 Å². The minimum atomic E-state index is -0.404. The number of rotatable bonds is 4. The van der Waals surface area contributed by atoms with Crippen molar-refractivity contribution in [2.24, 2.45) is 0 Å². The first kappa shape index (κ1) is 11.0. The van der Waals surface area contributed by atoms with Crippen molar-refractivity contribution in [3.05, 3.63) is 11.9 Å². The van der Waals surface area contributed by atoms with E-state index in [9.17, 15) is 5.11 Å². The lowest BCUT2D eigenvalue weighted by Crippen LogP contribution is -2.17. The monoisotopic (exact) mass is 227 g/mol. The molecule has 1 aromatic rings. The molecule has 1 aliphatic heterocycles. The fourth-order valence-corrected chi connectivity index (χ4v) is 3.21. The number of aliphatic hydroxyl groups is 1. The highest BCUT2D eigenvalue weighted by Crippen LogP contribution is 2.35. The third kappa shape index (κ3) is 2.34. The van der Waals surface area contributed by atoms with Gasteiger partial charge in [-0.2, -0.15) is 11.8 Å². The molecule has 5 heteroatoms. The zero-order valence-electron chi connectivity index (χ0n) is 8.96. The molecule has 0 aliphatic carbocycles. The molecule has 1 N–H and O–H groups in total. The standard InChI is InChI=1S/C10H17N3OS/c1-2-5-13-8(7-11-12-13)10(14)9-4-3-6-15-9/h7,9-10,14H,2-6H2,1H3. The summed E-state index contributed by atoms with van der Waals surface area (Å²) in [5.41, 5.74) is 0.872. The molecule has 2 heterocycles. The molecular formula is C10H17N3OS. The van der Waals surface area contributed by atoms with Crippen molar-refractivity contribution in [3.63, 3.8) is 0 Å². The van der Waals surface area contributed by atoms with Crippen LogP contribution in [0.25, 0.3) is 0 Å². The molecule has 0 saturated carbocycles. The minimum absolute atomic E-state index is 0.333. The highest BCUT2D eigenvalue weighted by molar-refractivity contribution is 8.00. The van der Waals surface area contributed by atoms with Crippen molar-refractivity contribution in [3.8, 4) is 0 Å². The topological polar surface area (TPSA) is 50.9 Å². The van der Waals surface area contributed by atoms with Crippen LogP contribution in [0, 0.1) is 0 Å². The highest BCUT2D eigenvalue weighted by atomic mass is 32.2. The maximum absolute atomic E-state index is 10.2. The Balaban J connectivity index is 2.09. The quantitative estimate of drug-likeness (QED) is 0.849. The van der Waals surface area contributed by atoms with Crippen LogP contribution in [-0.4, -0.2) is 31.1 Å². The Kier molecular flexibility index (Phi) is 3.64. The molecule has 0 bridgehead atoms. The molecule has 84 valence electrons. The van der Waals surface area contributed by atoms with E-state index in [1.54, 1.807) is 6.20 Å². The summed E-state index contributed by atoms with van der Waals surface area (Å²) in [6.45, 7) is 2.94. The van der Waals surface area contributed by atoms with Crippen LogP contribution >= 0.6 is 11.8 Å². The second kappa shape index (κ2) is 4.99. The summed E-state index contributed by atoms with van der Waals surface area (Å²) in [5, 5.41) is 18.4. The Morgan fingerprint density at radius 3 is 3.27 bits per heavy atom. The highest BCUT2D eigenvalue weighted by Gasteiger charge is 2.27. The predicted molar refractivity (Wildman–Crippen MR) is 60.8 cm³/mol. The molecule has 0 amide bonds. The minimum Gasteiger partial charge on any atom is -0.386 e. The van der Waals surface area contributed by atoms with Gasteiger partial charge in [0.05, 0.1) is 11.9 Å². The maximum atomic E-state index is 10.2. The summed E-state index contributed by atoms with van der Waals surface area (Å²) in [6.07, 6.45) is 4.62. The smallest absolute Gasteiger partial charge is 0.109 e. The molecular weight excluding hydrogens is 210 g/mol. The third-order valence-corrected chi connectivity index (χ3v) is 4.15. The van der Waals surface area contributed by atoms with E-state index in [4.69, 9.17) is 0 Å². The molecule has 1 aliphatic rings. The van der Waals surface area contributed by atoms with Gasteiger partial charge in [0.25, 0.3) is 0 Å². The van der Waals surface area contributed by atoms with Gasteiger partial charge in [0.15, 0.2) is 0 Å². The Morgan fingerprint density at radius 1 is 1.73 bits per heavy atom. The summed E-state index contributed by atoms with van der Waals surface area (Å²) in [5.74, 6) is 1.16. The van der Waals surface area contributed by atoms with Crippen LogP contribution in [0.4, 0.5) is 0 Å². The molecule has 2 unspecified atom stereocenters. The first-order chi connectivity index (χ1) is 7.33. The van der Waals surface area contributed by atoms with Gasteiger partial charge in [0.2, 0.25) is 0 Å². The maximum Gasteiger partial charge on any atom is 0.109 e. The summed E-state index contributed by atoms with van der Waals surface area (Å²) in [7, 11) is 0.